The zero-order valence-electron chi connectivity index (χ0n) is 9.41. The van der Waals surface area contributed by atoms with Crippen LogP contribution in [0.1, 0.15) is 12.0 Å². The number of non-ortho nitro benzene ring substituents is 1. The standard InChI is InChI=1S/C11H11BrF2N2O2/c12-9-3-8(4-10(5-9)16(17)18)6-15-2-1-11(13,14)7-15/h3-5H,1-2,6-7H2. The van der Waals surface area contributed by atoms with Crippen molar-refractivity contribution in [3.8, 4) is 0 Å². The van der Waals surface area contributed by atoms with E-state index in [0.29, 0.717) is 23.1 Å². The summed E-state index contributed by atoms with van der Waals surface area (Å²) in [5.41, 5.74) is 0.624. The lowest BCUT2D eigenvalue weighted by molar-refractivity contribution is -0.385. The highest BCUT2D eigenvalue weighted by atomic mass is 79.9. The average molecular weight is 321 g/mol. The largest absolute Gasteiger partial charge is 0.293 e. The number of nitrogens with zero attached hydrogens (tertiary/aromatic N) is 2. The van der Waals surface area contributed by atoms with Gasteiger partial charge in [0.15, 0.2) is 0 Å². The number of benzene rings is 1. The van der Waals surface area contributed by atoms with Crippen LogP contribution in [0.25, 0.3) is 0 Å². The van der Waals surface area contributed by atoms with Gasteiger partial charge in [0.05, 0.1) is 11.5 Å². The molecule has 1 aromatic rings. The second-order valence-electron chi connectivity index (χ2n) is 4.39. The second-order valence-corrected chi connectivity index (χ2v) is 5.31. The maximum absolute atomic E-state index is 13.0. The number of nitro benzene ring substituents is 1. The molecular formula is C11H11BrF2N2O2. The summed E-state index contributed by atoms with van der Waals surface area (Å²) >= 11 is 3.18. The van der Waals surface area contributed by atoms with E-state index in [1.165, 1.54) is 12.1 Å². The van der Waals surface area contributed by atoms with Crippen molar-refractivity contribution in [3.63, 3.8) is 0 Å². The highest BCUT2D eigenvalue weighted by Gasteiger charge is 2.37. The molecule has 0 spiro atoms. The molecule has 0 aliphatic carbocycles. The Bertz CT molecular complexity index is 482. The third kappa shape index (κ3) is 3.23. The van der Waals surface area contributed by atoms with Gasteiger partial charge in [0.1, 0.15) is 0 Å². The predicted octanol–water partition coefficient (Wildman–Crippen LogP) is 3.20. The lowest BCUT2D eigenvalue weighted by Gasteiger charge is -2.15. The summed E-state index contributed by atoms with van der Waals surface area (Å²) in [4.78, 5) is 11.8. The maximum atomic E-state index is 13.0. The summed E-state index contributed by atoms with van der Waals surface area (Å²) in [6.07, 6.45) is -0.150. The Morgan fingerprint density at radius 3 is 2.72 bits per heavy atom. The van der Waals surface area contributed by atoms with Gasteiger partial charge in [-0.3, -0.25) is 15.0 Å². The van der Waals surface area contributed by atoms with Crippen molar-refractivity contribution >= 4 is 21.6 Å². The monoisotopic (exact) mass is 320 g/mol. The molecule has 0 saturated carbocycles. The maximum Gasteiger partial charge on any atom is 0.270 e. The zero-order valence-corrected chi connectivity index (χ0v) is 11.0. The van der Waals surface area contributed by atoms with Crippen molar-refractivity contribution in [1.29, 1.82) is 0 Å². The van der Waals surface area contributed by atoms with E-state index in [4.69, 9.17) is 0 Å². The minimum Gasteiger partial charge on any atom is -0.293 e. The molecule has 1 aromatic carbocycles. The molecule has 0 amide bonds. The third-order valence-corrected chi connectivity index (χ3v) is 3.27. The molecule has 0 atom stereocenters. The smallest absolute Gasteiger partial charge is 0.270 e. The molecule has 1 aliphatic rings. The summed E-state index contributed by atoms with van der Waals surface area (Å²) in [7, 11) is 0. The van der Waals surface area contributed by atoms with Crippen LogP contribution in [0.2, 0.25) is 0 Å². The van der Waals surface area contributed by atoms with Gasteiger partial charge in [-0.05, 0) is 11.6 Å². The fourth-order valence-corrected chi connectivity index (χ4v) is 2.56. The Morgan fingerprint density at radius 2 is 2.17 bits per heavy atom. The van der Waals surface area contributed by atoms with Crippen LogP contribution in [0, 0.1) is 10.1 Å². The van der Waals surface area contributed by atoms with Crippen LogP contribution in [-0.2, 0) is 6.54 Å². The van der Waals surface area contributed by atoms with Crippen LogP contribution in [0.15, 0.2) is 22.7 Å². The van der Waals surface area contributed by atoms with Crippen molar-refractivity contribution in [3.05, 3.63) is 38.3 Å². The van der Waals surface area contributed by atoms with Crippen molar-refractivity contribution in [2.24, 2.45) is 0 Å². The van der Waals surface area contributed by atoms with Gasteiger partial charge in [-0.15, -0.1) is 0 Å². The van der Waals surface area contributed by atoms with E-state index in [0.717, 1.165) is 0 Å². The molecule has 0 bridgehead atoms. The van der Waals surface area contributed by atoms with Gasteiger partial charge in [-0.1, -0.05) is 15.9 Å². The van der Waals surface area contributed by atoms with Crippen LogP contribution in [-0.4, -0.2) is 28.8 Å². The predicted molar refractivity (Wildman–Crippen MR) is 65.6 cm³/mol. The number of halogens is 3. The van der Waals surface area contributed by atoms with E-state index in [2.05, 4.69) is 15.9 Å². The molecule has 1 saturated heterocycles. The Labute approximate surface area is 111 Å². The van der Waals surface area contributed by atoms with E-state index >= 15 is 0 Å². The molecular weight excluding hydrogens is 310 g/mol. The van der Waals surface area contributed by atoms with Gasteiger partial charge >= 0.3 is 0 Å². The average Bonchev–Trinajstić information content (AvgIpc) is 2.57. The first-order valence-corrected chi connectivity index (χ1v) is 6.19. The lowest BCUT2D eigenvalue weighted by Crippen LogP contribution is -2.24. The van der Waals surface area contributed by atoms with Crippen LogP contribution >= 0.6 is 15.9 Å². The number of nitro groups is 1. The first kappa shape index (κ1) is 13.4. The molecule has 18 heavy (non-hydrogen) atoms. The molecule has 0 radical (unpaired) electrons. The topological polar surface area (TPSA) is 46.4 Å². The molecule has 0 N–H and O–H groups in total. The molecule has 98 valence electrons. The highest BCUT2D eigenvalue weighted by Crippen LogP contribution is 2.29. The van der Waals surface area contributed by atoms with Gasteiger partial charge in [0.2, 0.25) is 0 Å². The summed E-state index contributed by atoms with van der Waals surface area (Å²) in [5.74, 6) is -2.64. The Balaban J connectivity index is 2.12. The van der Waals surface area contributed by atoms with Gasteiger partial charge in [0.25, 0.3) is 11.6 Å². The van der Waals surface area contributed by atoms with Crippen LogP contribution in [0.4, 0.5) is 14.5 Å². The minimum absolute atomic E-state index is 0.0367. The molecule has 0 aromatic heterocycles. The first-order valence-electron chi connectivity index (χ1n) is 5.40. The van der Waals surface area contributed by atoms with Crippen molar-refractivity contribution in [2.75, 3.05) is 13.1 Å². The van der Waals surface area contributed by atoms with Gasteiger partial charge in [0, 0.05) is 36.1 Å². The van der Waals surface area contributed by atoms with E-state index < -0.39 is 10.8 Å². The molecule has 7 heteroatoms. The van der Waals surface area contributed by atoms with Crippen LogP contribution < -0.4 is 0 Å². The Kier molecular flexibility index (Phi) is 3.63. The number of hydrogen-bond donors (Lipinski definition) is 0. The van der Waals surface area contributed by atoms with Gasteiger partial charge in [-0.2, -0.15) is 0 Å². The van der Waals surface area contributed by atoms with Gasteiger partial charge in [-0.25, -0.2) is 8.78 Å². The van der Waals surface area contributed by atoms with E-state index in [-0.39, 0.29) is 18.7 Å². The third-order valence-electron chi connectivity index (χ3n) is 2.81. The molecule has 1 fully saturated rings. The zero-order chi connectivity index (χ0) is 13.3. The molecule has 1 aliphatic heterocycles. The highest BCUT2D eigenvalue weighted by molar-refractivity contribution is 9.10. The molecule has 2 rings (SSSR count). The summed E-state index contributed by atoms with van der Waals surface area (Å²) in [6.45, 7) is 0.330. The fraction of sp³-hybridized carbons (Fsp3) is 0.455. The van der Waals surface area contributed by atoms with E-state index in [9.17, 15) is 18.9 Å². The normalized spacial score (nSPS) is 19.1. The number of alkyl halides is 2. The van der Waals surface area contributed by atoms with Crippen molar-refractivity contribution < 1.29 is 13.7 Å². The second kappa shape index (κ2) is 4.89. The summed E-state index contributed by atoms with van der Waals surface area (Å²) < 4.78 is 26.6. The lowest BCUT2D eigenvalue weighted by atomic mass is 10.2. The van der Waals surface area contributed by atoms with Crippen molar-refractivity contribution in [2.45, 2.75) is 18.9 Å². The van der Waals surface area contributed by atoms with Crippen molar-refractivity contribution in [1.82, 2.24) is 4.90 Å². The number of likely N-dealkylation sites (tertiary alicyclic amines) is 1. The summed E-state index contributed by atoms with van der Waals surface area (Å²) in [6, 6.07) is 4.52. The minimum atomic E-state index is -2.64. The first-order chi connectivity index (χ1) is 8.35. The fourth-order valence-electron chi connectivity index (χ4n) is 2.03. The number of rotatable bonds is 3. The SMILES string of the molecule is O=[N+]([O-])c1cc(Br)cc(CN2CCC(F)(F)C2)c1. The Morgan fingerprint density at radius 1 is 1.44 bits per heavy atom. The van der Waals surface area contributed by atoms with E-state index in [1.807, 2.05) is 0 Å². The quantitative estimate of drug-likeness (QED) is 0.634. The van der Waals surface area contributed by atoms with Gasteiger partial charge < -0.3 is 0 Å². The molecule has 1 heterocycles. The number of hydrogen-bond acceptors (Lipinski definition) is 3. The Hall–Kier alpha value is -1.08. The van der Waals surface area contributed by atoms with E-state index in [1.54, 1.807) is 11.0 Å². The van der Waals surface area contributed by atoms with Crippen LogP contribution in [0.3, 0.4) is 0 Å². The summed E-state index contributed by atoms with van der Waals surface area (Å²) in [5, 5.41) is 10.7. The molecule has 4 nitrogen and oxygen atoms in total. The molecule has 0 unspecified atom stereocenters. The van der Waals surface area contributed by atoms with Crippen LogP contribution in [0.5, 0.6) is 0 Å².